The van der Waals surface area contributed by atoms with E-state index < -0.39 is 12.2 Å². The second-order valence-corrected chi connectivity index (χ2v) is 9.30. The molecular formula is C27H28IN3O4. The molecule has 3 aromatic rings. The van der Waals surface area contributed by atoms with Crippen LogP contribution in [-0.2, 0) is 9.53 Å². The lowest BCUT2D eigenvalue weighted by Gasteiger charge is -2.25. The number of nitrogens with one attached hydrogen (secondary N) is 2. The van der Waals surface area contributed by atoms with Gasteiger partial charge in [-0.3, -0.25) is 10.1 Å². The smallest absolute Gasteiger partial charge is 0.412 e. The fourth-order valence-corrected chi connectivity index (χ4v) is 4.02. The molecule has 2 atom stereocenters. The standard InChI is InChI=1S/C27H28IN3O4/c1-18(9-5-8-14-25(33)31-23-13-7-6-12-22(23)29)26(21-17-19(28)15-16-24(21)32)35-27(34)30-20-10-3-2-4-11-20/h2-4,6-8,10-18,26,32H,5,9,29H2,1H3,(H,30,34)(H,31,33)/b14-8+/t18-,26-/m0/s1. The summed E-state index contributed by atoms with van der Waals surface area (Å²) in [6.45, 7) is 1.94. The molecule has 0 bridgehead atoms. The minimum absolute atomic E-state index is 0.0603. The van der Waals surface area contributed by atoms with Gasteiger partial charge in [0.2, 0.25) is 5.91 Å². The molecule has 5 N–H and O–H groups in total. The highest BCUT2D eigenvalue weighted by atomic mass is 127. The molecule has 35 heavy (non-hydrogen) atoms. The molecule has 0 saturated heterocycles. The van der Waals surface area contributed by atoms with E-state index in [0.717, 1.165) is 3.57 Å². The molecular weight excluding hydrogens is 557 g/mol. The predicted molar refractivity (Wildman–Crippen MR) is 147 cm³/mol. The number of nitrogens with two attached hydrogens (primary N) is 1. The summed E-state index contributed by atoms with van der Waals surface area (Å²) in [4.78, 5) is 24.8. The topological polar surface area (TPSA) is 114 Å². The number of rotatable bonds is 9. The number of aromatic hydroxyl groups is 1. The van der Waals surface area contributed by atoms with Crippen molar-refractivity contribution in [3.8, 4) is 5.75 Å². The number of hydrogen-bond donors (Lipinski definition) is 4. The van der Waals surface area contributed by atoms with Crippen LogP contribution in [0.2, 0.25) is 0 Å². The Morgan fingerprint density at radius 1 is 1.06 bits per heavy atom. The van der Waals surface area contributed by atoms with E-state index in [4.69, 9.17) is 10.5 Å². The average molecular weight is 585 g/mol. The summed E-state index contributed by atoms with van der Waals surface area (Å²) in [5, 5.41) is 15.9. The SMILES string of the molecule is C[C@@H](CC/C=C/C(=O)Nc1ccccc1N)[C@H](OC(=O)Nc1ccccc1)c1cc(I)ccc1O. The Kier molecular flexibility index (Phi) is 9.54. The third kappa shape index (κ3) is 8.03. The summed E-state index contributed by atoms with van der Waals surface area (Å²) in [7, 11) is 0. The maximum absolute atomic E-state index is 12.6. The minimum Gasteiger partial charge on any atom is -0.508 e. The van der Waals surface area contributed by atoms with Crippen LogP contribution in [-0.4, -0.2) is 17.1 Å². The molecule has 0 radical (unpaired) electrons. The summed E-state index contributed by atoms with van der Waals surface area (Å²) in [5.41, 5.74) is 8.06. The number of carbonyl (C=O) groups excluding carboxylic acids is 2. The van der Waals surface area contributed by atoms with Crippen LogP contribution in [0.4, 0.5) is 21.9 Å². The van der Waals surface area contributed by atoms with Gasteiger partial charge < -0.3 is 20.9 Å². The Labute approximate surface area is 218 Å². The number of amides is 2. The van der Waals surface area contributed by atoms with Crippen molar-refractivity contribution < 1.29 is 19.4 Å². The zero-order valence-corrected chi connectivity index (χ0v) is 21.4. The molecule has 0 heterocycles. The maximum atomic E-state index is 12.6. The van der Waals surface area contributed by atoms with Gasteiger partial charge in [0, 0.05) is 14.8 Å². The highest BCUT2D eigenvalue weighted by Gasteiger charge is 2.26. The third-order valence-corrected chi connectivity index (χ3v) is 6.01. The minimum atomic E-state index is -0.681. The number of carbonyl (C=O) groups is 2. The summed E-state index contributed by atoms with van der Waals surface area (Å²) in [6.07, 6.45) is 3.12. The first kappa shape index (κ1) is 26.1. The van der Waals surface area contributed by atoms with Gasteiger partial charge in [-0.2, -0.15) is 0 Å². The number of para-hydroxylation sites is 3. The number of nitrogen functional groups attached to an aromatic ring is 1. The van der Waals surface area contributed by atoms with Crippen LogP contribution in [0, 0.1) is 9.49 Å². The second-order valence-electron chi connectivity index (χ2n) is 8.05. The van der Waals surface area contributed by atoms with Gasteiger partial charge in [0.25, 0.3) is 0 Å². The van der Waals surface area contributed by atoms with E-state index >= 15 is 0 Å². The van der Waals surface area contributed by atoms with Crippen LogP contribution in [0.3, 0.4) is 0 Å². The van der Waals surface area contributed by atoms with E-state index in [9.17, 15) is 14.7 Å². The van der Waals surface area contributed by atoms with Crippen molar-refractivity contribution in [2.45, 2.75) is 25.9 Å². The molecule has 0 saturated carbocycles. The Balaban J connectivity index is 1.64. The highest BCUT2D eigenvalue weighted by molar-refractivity contribution is 14.1. The second kappa shape index (κ2) is 12.8. The highest BCUT2D eigenvalue weighted by Crippen LogP contribution is 2.36. The van der Waals surface area contributed by atoms with Crippen LogP contribution in [0.15, 0.2) is 84.9 Å². The first-order valence-corrected chi connectivity index (χ1v) is 12.2. The number of phenolic OH excluding ortho intramolecular Hbond substituents is 1. The molecule has 0 aliphatic carbocycles. The Morgan fingerprint density at radius 3 is 2.51 bits per heavy atom. The molecule has 182 valence electrons. The first-order valence-electron chi connectivity index (χ1n) is 11.2. The van der Waals surface area contributed by atoms with Crippen molar-refractivity contribution in [1.82, 2.24) is 0 Å². The summed E-state index contributed by atoms with van der Waals surface area (Å²) in [6, 6.07) is 21.2. The molecule has 3 rings (SSSR count). The van der Waals surface area contributed by atoms with Gasteiger partial charge in [0.15, 0.2) is 0 Å². The lowest BCUT2D eigenvalue weighted by Crippen LogP contribution is -2.22. The van der Waals surface area contributed by atoms with Gasteiger partial charge in [-0.25, -0.2) is 4.79 Å². The molecule has 0 spiro atoms. The van der Waals surface area contributed by atoms with E-state index in [1.807, 2.05) is 25.1 Å². The third-order valence-electron chi connectivity index (χ3n) is 5.34. The number of benzene rings is 3. The van der Waals surface area contributed by atoms with Gasteiger partial charge >= 0.3 is 6.09 Å². The van der Waals surface area contributed by atoms with Crippen LogP contribution < -0.4 is 16.4 Å². The number of ether oxygens (including phenoxy) is 1. The van der Waals surface area contributed by atoms with E-state index in [1.165, 1.54) is 6.08 Å². The van der Waals surface area contributed by atoms with Crippen molar-refractivity contribution in [2.75, 3.05) is 16.4 Å². The van der Waals surface area contributed by atoms with Gasteiger partial charge in [-0.15, -0.1) is 0 Å². The molecule has 0 aliphatic rings. The summed E-state index contributed by atoms with van der Waals surface area (Å²) < 4.78 is 6.69. The van der Waals surface area contributed by atoms with Gasteiger partial charge in [-0.05, 0) is 89.9 Å². The molecule has 0 aromatic heterocycles. The Morgan fingerprint density at radius 2 is 1.77 bits per heavy atom. The Hall–Kier alpha value is -3.53. The van der Waals surface area contributed by atoms with Crippen molar-refractivity contribution in [2.24, 2.45) is 5.92 Å². The predicted octanol–water partition coefficient (Wildman–Crippen LogP) is 6.48. The van der Waals surface area contributed by atoms with Crippen molar-refractivity contribution >= 4 is 51.7 Å². The molecule has 0 aliphatic heterocycles. The zero-order chi connectivity index (χ0) is 25.2. The van der Waals surface area contributed by atoms with E-state index in [0.29, 0.717) is 35.5 Å². The van der Waals surface area contributed by atoms with E-state index in [1.54, 1.807) is 60.7 Å². The van der Waals surface area contributed by atoms with E-state index in [-0.39, 0.29) is 17.6 Å². The zero-order valence-electron chi connectivity index (χ0n) is 19.3. The van der Waals surface area contributed by atoms with Crippen LogP contribution in [0.1, 0.15) is 31.4 Å². The van der Waals surface area contributed by atoms with Crippen LogP contribution in [0.25, 0.3) is 0 Å². The molecule has 2 amide bonds. The van der Waals surface area contributed by atoms with Crippen LogP contribution >= 0.6 is 22.6 Å². The quantitative estimate of drug-likeness (QED) is 0.130. The van der Waals surface area contributed by atoms with Gasteiger partial charge in [0.1, 0.15) is 11.9 Å². The van der Waals surface area contributed by atoms with Crippen molar-refractivity contribution in [3.63, 3.8) is 0 Å². The van der Waals surface area contributed by atoms with Crippen LogP contribution in [0.5, 0.6) is 5.75 Å². The number of halogens is 1. The first-order chi connectivity index (χ1) is 16.8. The van der Waals surface area contributed by atoms with Gasteiger partial charge in [-0.1, -0.05) is 43.3 Å². The largest absolute Gasteiger partial charge is 0.508 e. The number of allylic oxidation sites excluding steroid dienone is 1. The molecule has 7 nitrogen and oxygen atoms in total. The van der Waals surface area contributed by atoms with Gasteiger partial charge in [0.05, 0.1) is 11.4 Å². The Bertz CT molecular complexity index is 1180. The number of phenols is 1. The lowest BCUT2D eigenvalue weighted by atomic mass is 9.92. The number of hydrogen-bond acceptors (Lipinski definition) is 5. The monoisotopic (exact) mass is 585 g/mol. The summed E-state index contributed by atoms with van der Waals surface area (Å²) in [5.74, 6) is -0.357. The normalized spacial score (nSPS) is 12.6. The van der Waals surface area contributed by atoms with Crippen molar-refractivity contribution in [1.29, 1.82) is 0 Å². The number of anilines is 3. The maximum Gasteiger partial charge on any atom is 0.412 e. The average Bonchev–Trinajstić information content (AvgIpc) is 2.84. The van der Waals surface area contributed by atoms with E-state index in [2.05, 4.69) is 33.2 Å². The molecule has 8 heteroatoms. The molecule has 0 fully saturated rings. The lowest BCUT2D eigenvalue weighted by molar-refractivity contribution is -0.111. The molecule has 0 unspecified atom stereocenters. The fourth-order valence-electron chi connectivity index (χ4n) is 3.51. The fraction of sp³-hybridized carbons (Fsp3) is 0.185. The molecule has 3 aromatic carbocycles. The van der Waals surface area contributed by atoms with Crippen molar-refractivity contribution in [3.05, 3.63) is 94.1 Å². The summed E-state index contributed by atoms with van der Waals surface area (Å²) >= 11 is 2.15.